The Kier molecular flexibility index (Phi) is 6.67. The lowest BCUT2D eigenvalue weighted by atomic mass is 10.2. The van der Waals surface area contributed by atoms with Crippen molar-refractivity contribution in [1.82, 2.24) is 8.61 Å². The molecule has 0 amide bonds. The molecular formula is C20H26N2O4S2. The van der Waals surface area contributed by atoms with Crippen LogP contribution in [0.3, 0.4) is 0 Å². The normalized spacial score (nSPS) is 19.2. The molecule has 0 bridgehead atoms. The Labute approximate surface area is 169 Å². The molecule has 0 saturated carbocycles. The molecular weight excluding hydrogens is 396 g/mol. The van der Waals surface area contributed by atoms with Crippen molar-refractivity contribution < 1.29 is 17.7 Å². The van der Waals surface area contributed by atoms with Crippen LogP contribution in [0.4, 0.5) is 0 Å². The minimum absolute atomic E-state index is 0.140. The van der Waals surface area contributed by atoms with Crippen LogP contribution in [0.25, 0.3) is 0 Å². The lowest BCUT2D eigenvalue weighted by molar-refractivity contribution is 0.234. The lowest BCUT2D eigenvalue weighted by Gasteiger charge is -2.27. The summed E-state index contributed by atoms with van der Waals surface area (Å²) in [6.45, 7) is 4.59. The summed E-state index contributed by atoms with van der Waals surface area (Å²) >= 11 is 0. The third kappa shape index (κ3) is 4.52. The Hall–Kier alpha value is -1.58. The first kappa shape index (κ1) is 21.1. The van der Waals surface area contributed by atoms with Crippen LogP contribution in [-0.2, 0) is 21.0 Å². The summed E-state index contributed by atoms with van der Waals surface area (Å²) in [4.78, 5) is 0.922. The van der Waals surface area contributed by atoms with Gasteiger partial charge in [-0.2, -0.15) is 4.31 Å². The standard InChI is InChI=1S/C20H26N2O4S2/c1-16-3-7-19(8-4-16)27(24)22(13-14-23)18-11-12-21(15-18)28(25,26)20-9-5-17(2)6-10-20/h3-10,18,23H,11-15H2,1-2H3. The zero-order valence-electron chi connectivity index (χ0n) is 16.1. The molecule has 1 aliphatic rings. The van der Waals surface area contributed by atoms with Crippen molar-refractivity contribution in [2.24, 2.45) is 0 Å². The molecule has 0 spiro atoms. The van der Waals surface area contributed by atoms with Gasteiger partial charge in [0.15, 0.2) is 0 Å². The zero-order valence-corrected chi connectivity index (χ0v) is 17.7. The summed E-state index contributed by atoms with van der Waals surface area (Å²) in [5, 5.41) is 9.46. The van der Waals surface area contributed by atoms with Crippen molar-refractivity contribution >= 4 is 21.0 Å². The van der Waals surface area contributed by atoms with Gasteiger partial charge in [0.1, 0.15) is 11.0 Å². The van der Waals surface area contributed by atoms with E-state index in [2.05, 4.69) is 0 Å². The monoisotopic (exact) mass is 422 g/mol. The molecule has 28 heavy (non-hydrogen) atoms. The van der Waals surface area contributed by atoms with Gasteiger partial charge in [-0.25, -0.2) is 16.9 Å². The zero-order chi connectivity index (χ0) is 20.3. The number of aliphatic hydroxyl groups is 1. The minimum Gasteiger partial charge on any atom is -0.395 e. The molecule has 6 nitrogen and oxygen atoms in total. The SMILES string of the molecule is Cc1ccc(S(=O)N(CCO)C2CCN(S(=O)(=O)c3ccc(C)cc3)C2)cc1. The van der Waals surface area contributed by atoms with Crippen LogP contribution < -0.4 is 0 Å². The van der Waals surface area contributed by atoms with Gasteiger partial charge in [0.25, 0.3) is 0 Å². The third-order valence-corrected chi connectivity index (χ3v) is 8.41. The van der Waals surface area contributed by atoms with Crippen LogP contribution in [0.15, 0.2) is 58.3 Å². The summed E-state index contributed by atoms with van der Waals surface area (Å²) in [6, 6.07) is 14.0. The van der Waals surface area contributed by atoms with Crippen molar-refractivity contribution in [3.63, 3.8) is 0 Å². The van der Waals surface area contributed by atoms with E-state index in [1.54, 1.807) is 28.6 Å². The van der Waals surface area contributed by atoms with Crippen LogP contribution in [0.1, 0.15) is 17.5 Å². The molecule has 2 aromatic carbocycles. The molecule has 0 aromatic heterocycles. The summed E-state index contributed by atoms with van der Waals surface area (Å²) in [5.41, 5.74) is 2.08. The summed E-state index contributed by atoms with van der Waals surface area (Å²) in [6.07, 6.45) is 0.572. The number of aryl methyl sites for hydroxylation is 2. The number of sulfonamides is 1. The second kappa shape index (κ2) is 8.84. The highest BCUT2D eigenvalue weighted by molar-refractivity contribution is 7.89. The van der Waals surface area contributed by atoms with E-state index in [0.717, 1.165) is 11.1 Å². The fourth-order valence-electron chi connectivity index (χ4n) is 3.31. The van der Waals surface area contributed by atoms with E-state index in [1.165, 1.54) is 4.31 Å². The first-order valence-corrected chi connectivity index (χ1v) is 11.8. The maximum Gasteiger partial charge on any atom is 0.243 e. The largest absolute Gasteiger partial charge is 0.395 e. The van der Waals surface area contributed by atoms with E-state index in [9.17, 15) is 17.7 Å². The molecule has 1 saturated heterocycles. The highest BCUT2D eigenvalue weighted by Gasteiger charge is 2.37. The Morgan fingerprint density at radius 2 is 1.64 bits per heavy atom. The second-order valence-electron chi connectivity index (χ2n) is 7.05. The van der Waals surface area contributed by atoms with E-state index in [0.29, 0.717) is 17.9 Å². The maximum absolute atomic E-state index is 13.1. The molecule has 1 heterocycles. The molecule has 0 aliphatic carbocycles. The van der Waals surface area contributed by atoms with E-state index >= 15 is 0 Å². The summed E-state index contributed by atoms with van der Waals surface area (Å²) in [5.74, 6) is 0. The van der Waals surface area contributed by atoms with Gasteiger partial charge in [-0.1, -0.05) is 35.4 Å². The summed E-state index contributed by atoms with van der Waals surface area (Å²) < 4.78 is 42.1. The first-order valence-electron chi connectivity index (χ1n) is 9.26. The van der Waals surface area contributed by atoms with Gasteiger partial charge >= 0.3 is 0 Å². The topological polar surface area (TPSA) is 77.9 Å². The van der Waals surface area contributed by atoms with Gasteiger partial charge < -0.3 is 5.11 Å². The molecule has 2 atom stereocenters. The van der Waals surface area contributed by atoms with Gasteiger partial charge in [-0.15, -0.1) is 0 Å². The number of nitrogens with zero attached hydrogens (tertiary/aromatic N) is 2. The number of rotatable bonds is 7. The Bertz CT molecular complexity index is 928. The predicted molar refractivity (Wildman–Crippen MR) is 110 cm³/mol. The lowest BCUT2D eigenvalue weighted by Crippen LogP contribution is -2.41. The molecule has 1 N–H and O–H groups in total. The van der Waals surface area contributed by atoms with Crippen molar-refractivity contribution in [1.29, 1.82) is 0 Å². The molecule has 3 rings (SSSR count). The number of hydrogen-bond acceptors (Lipinski definition) is 4. The molecule has 152 valence electrons. The van der Waals surface area contributed by atoms with Gasteiger partial charge in [0.05, 0.1) is 16.4 Å². The van der Waals surface area contributed by atoms with Crippen molar-refractivity contribution in [3.05, 3.63) is 59.7 Å². The Morgan fingerprint density at radius 3 is 2.21 bits per heavy atom. The molecule has 0 radical (unpaired) electrons. The number of hydrogen-bond donors (Lipinski definition) is 1. The highest BCUT2D eigenvalue weighted by atomic mass is 32.2. The smallest absolute Gasteiger partial charge is 0.243 e. The van der Waals surface area contributed by atoms with E-state index in [-0.39, 0.29) is 30.6 Å². The average Bonchev–Trinajstić information content (AvgIpc) is 3.17. The highest BCUT2D eigenvalue weighted by Crippen LogP contribution is 2.26. The fraction of sp³-hybridized carbons (Fsp3) is 0.400. The molecule has 2 unspecified atom stereocenters. The Balaban J connectivity index is 1.78. The van der Waals surface area contributed by atoms with Crippen LogP contribution in [0.5, 0.6) is 0 Å². The summed E-state index contributed by atoms with van der Waals surface area (Å²) in [7, 11) is -5.04. The van der Waals surface area contributed by atoms with Gasteiger partial charge in [-0.3, -0.25) is 0 Å². The van der Waals surface area contributed by atoms with Gasteiger partial charge in [-0.05, 0) is 44.5 Å². The Morgan fingerprint density at radius 1 is 1.07 bits per heavy atom. The van der Waals surface area contributed by atoms with Gasteiger partial charge in [0, 0.05) is 25.7 Å². The third-order valence-electron chi connectivity index (χ3n) is 4.95. The predicted octanol–water partition coefficient (Wildman–Crippen LogP) is 2.08. The molecule has 2 aromatic rings. The van der Waals surface area contributed by atoms with E-state index in [4.69, 9.17) is 0 Å². The van der Waals surface area contributed by atoms with Crippen molar-refractivity contribution in [3.8, 4) is 0 Å². The number of benzene rings is 2. The quantitative estimate of drug-likeness (QED) is 0.741. The van der Waals surface area contributed by atoms with Crippen LogP contribution in [0, 0.1) is 13.8 Å². The first-order chi connectivity index (χ1) is 13.3. The molecule has 8 heteroatoms. The minimum atomic E-state index is -3.59. The van der Waals surface area contributed by atoms with Crippen LogP contribution in [-0.4, -0.2) is 58.6 Å². The average molecular weight is 423 g/mol. The van der Waals surface area contributed by atoms with E-state index in [1.807, 2.05) is 38.1 Å². The maximum atomic E-state index is 13.1. The molecule has 1 aliphatic heterocycles. The van der Waals surface area contributed by atoms with Gasteiger partial charge in [0.2, 0.25) is 10.0 Å². The van der Waals surface area contributed by atoms with Crippen molar-refractivity contribution in [2.75, 3.05) is 26.2 Å². The fourth-order valence-corrected chi connectivity index (χ4v) is 6.14. The number of aliphatic hydroxyl groups excluding tert-OH is 1. The van der Waals surface area contributed by atoms with Crippen molar-refractivity contribution in [2.45, 2.75) is 36.1 Å². The second-order valence-corrected chi connectivity index (χ2v) is 10.4. The molecule has 1 fully saturated rings. The van der Waals surface area contributed by atoms with E-state index < -0.39 is 21.0 Å². The van der Waals surface area contributed by atoms with Crippen LogP contribution in [0.2, 0.25) is 0 Å². The van der Waals surface area contributed by atoms with Crippen LogP contribution >= 0.6 is 0 Å².